The molecule has 4 aromatic rings. The van der Waals surface area contributed by atoms with Crippen LogP contribution in [0.2, 0.25) is 0 Å². The number of thiazole rings is 1. The van der Waals surface area contributed by atoms with E-state index in [2.05, 4.69) is 32.1 Å². The number of piperidine rings is 1. The van der Waals surface area contributed by atoms with E-state index in [9.17, 15) is 13.2 Å². The number of carbonyl (C=O) groups excluding carboxylic acids is 1. The molecule has 0 aliphatic carbocycles. The molecule has 0 bridgehead atoms. The van der Waals surface area contributed by atoms with Gasteiger partial charge >= 0.3 is 6.09 Å². The molecule has 0 spiro atoms. The average Bonchev–Trinajstić information content (AvgIpc) is 3.39. The zero-order chi connectivity index (χ0) is 33.1. The Morgan fingerprint density at radius 1 is 1.09 bits per heavy atom. The van der Waals surface area contributed by atoms with E-state index in [1.165, 1.54) is 23.0 Å². The highest BCUT2D eigenvalue weighted by atomic mass is 32.2. The minimum Gasteiger partial charge on any atom is -0.444 e. The van der Waals surface area contributed by atoms with E-state index in [1.54, 1.807) is 36.2 Å². The molecular weight excluding hydrogens is 628 g/mol. The number of nitrogens with zero attached hydrogens (tertiary/aromatic N) is 4. The number of rotatable bonds is 9. The molecule has 1 saturated heterocycles. The molecule has 3 heterocycles. The van der Waals surface area contributed by atoms with E-state index in [-0.39, 0.29) is 23.1 Å². The van der Waals surface area contributed by atoms with Crippen LogP contribution in [0.3, 0.4) is 0 Å². The minimum absolute atomic E-state index is 0.105. The first-order valence-corrected chi connectivity index (χ1v) is 17.7. The fourth-order valence-corrected chi connectivity index (χ4v) is 7.33. The average molecular weight is 667 g/mol. The van der Waals surface area contributed by atoms with Crippen LogP contribution in [-0.2, 0) is 14.8 Å². The van der Waals surface area contributed by atoms with Crippen LogP contribution in [0.5, 0.6) is 0 Å². The molecule has 46 heavy (non-hydrogen) atoms. The van der Waals surface area contributed by atoms with Gasteiger partial charge in [-0.25, -0.2) is 32.6 Å². The normalized spacial score (nSPS) is 14.3. The summed E-state index contributed by atoms with van der Waals surface area (Å²) in [5, 5.41) is 3.96. The number of carbonyl (C=O) groups is 1. The lowest BCUT2D eigenvalue weighted by Crippen LogP contribution is -2.41. The highest BCUT2D eigenvalue weighted by molar-refractivity contribution is 7.92. The first kappa shape index (κ1) is 33.3. The number of hydrogen-bond donors (Lipinski definition) is 2. The Labute approximate surface area is 273 Å². The lowest BCUT2D eigenvalue weighted by Gasteiger charge is -2.33. The summed E-state index contributed by atoms with van der Waals surface area (Å²) in [4.78, 5) is 28.5. The quantitative estimate of drug-likeness (QED) is 0.186. The largest absolute Gasteiger partial charge is 0.444 e. The SMILES string of the molecule is CCCS(=O)(=O)Nc1cccc(-c2nc(C)sc2-c2ccnc(Nc3ccc(C4CCN(C(=O)OC(C)(C)C)CC4)cc3)n2)c1F. The number of anilines is 3. The van der Waals surface area contributed by atoms with Gasteiger partial charge < -0.3 is 15.0 Å². The molecule has 1 aliphatic rings. The van der Waals surface area contributed by atoms with Crippen LogP contribution in [0.1, 0.15) is 63.4 Å². The monoisotopic (exact) mass is 666 g/mol. The summed E-state index contributed by atoms with van der Waals surface area (Å²) in [5.41, 5.74) is 2.50. The number of aryl methyl sites for hydroxylation is 1. The summed E-state index contributed by atoms with van der Waals surface area (Å²) < 4.78 is 48.2. The molecule has 0 radical (unpaired) electrons. The van der Waals surface area contributed by atoms with Gasteiger partial charge in [-0.05, 0) is 88.8 Å². The summed E-state index contributed by atoms with van der Waals surface area (Å²) in [6, 6.07) is 14.4. The Morgan fingerprint density at radius 3 is 2.48 bits per heavy atom. The van der Waals surface area contributed by atoms with Crippen molar-refractivity contribution in [2.75, 3.05) is 28.9 Å². The van der Waals surface area contributed by atoms with Gasteiger partial charge in [0.05, 0.1) is 32.7 Å². The highest BCUT2D eigenvalue weighted by Gasteiger charge is 2.27. The third-order valence-corrected chi connectivity index (χ3v) is 9.87. The number of ether oxygens (including phenoxy) is 1. The van der Waals surface area contributed by atoms with Gasteiger partial charge in [-0.1, -0.05) is 25.1 Å². The van der Waals surface area contributed by atoms with Crippen molar-refractivity contribution in [1.29, 1.82) is 0 Å². The first-order chi connectivity index (χ1) is 21.8. The zero-order valence-corrected chi connectivity index (χ0v) is 28.3. The Bertz CT molecular complexity index is 1800. The number of nitrogens with one attached hydrogen (secondary N) is 2. The summed E-state index contributed by atoms with van der Waals surface area (Å²) in [6.07, 6.45) is 3.50. The van der Waals surface area contributed by atoms with E-state index in [1.807, 2.05) is 39.8 Å². The Balaban J connectivity index is 1.29. The summed E-state index contributed by atoms with van der Waals surface area (Å²) >= 11 is 1.37. The predicted molar refractivity (Wildman–Crippen MR) is 180 cm³/mol. The molecule has 2 aromatic heterocycles. The fourth-order valence-electron chi connectivity index (χ4n) is 5.30. The van der Waals surface area contributed by atoms with Gasteiger partial charge in [0, 0.05) is 30.5 Å². The Morgan fingerprint density at radius 2 is 1.80 bits per heavy atom. The van der Waals surface area contributed by atoms with E-state index in [4.69, 9.17) is 9.72 Å². The molecule has 10 nitrogen and oxygen atoms in total. The van der Waals surface area contributed by atoms with E-state index in [0.717, 1.165) is 18.5 Å². The predicted octanol–water partition coefficient (Wildman–Crippen LogP) is 7.72. The first-order valence-electron chi connectivity index (χ1n) is 15.3. The standard InChI is InChI=1S/C33H39FN6O4S2/c1-6-20-46(42,43)39-26-9-7-8-25(28(26)34)29-30(45-21(2)36-29)27-14-17-35-31(38-27)37-24-12-10-22(11-13-24)23-15-18-40(19-16-23)32(41)44-33(3,4)5/h7-14,17,23,39H,6,15-16,18-20H2,1-5H3,(H,35,37,38). The van der Waals surface area contributed by atoms with Crippen LogP contribution in [0, 0.1) is 12.7 Å². The molecule has 0 atom stereocenters. The Kier molecular flexibility index (Phi) is 9.92. The van der Waals surface area contributed by atoms with Crippen molar-refractivity contribution in [2.24, 2.45) is 0 Å². The van der Waals surface area contributed by atoms with Crippen molar-refractivity contribution in [1.82, 2.24) is 19.9 Å². The lowest BCUT2D eigenvalue weighted by molar-refractivity contribution is 0.0205. The van der Waals surface area contributed by atoms with Crippen LogP contribution in [0.25, 0.3) is 21.8 Å². The smallest absolute Gasteiger partial charge is 0.410 e. The zero-order valence-electron chi connectivity index (χ0n) is 26.6. The molecule has 1 amide bonds. The second-order valence-corrected chi connectivity index (χ2v) is 15.3. The number of sulfonamides is 1. The molecule has 2 aromatic carbocycles. The van der Waals surface area contributed by atoms with Crippen molar-refractivity contribution >= 4 is 44.8 Å². The minimum atomic E-state index is -3.67. The van der Waals surface area contributed by atoms with Gasteiger partial charge in [-0.2, -0.15) is 0 Å². The van der Waals surface area contributed by atoms with Crippen molar-refractivity contribution in [2.45, 2.75) is 65.4 Å². The second-order valence-electron chi connectivity index (χ2n) is 12.3. The number of halogens is 1. The molecule has 0 saturated carbocycles. The Hall–Kier alpha value is -4.10. The van der Waals surface area contributed by atoms with Crippen molar-refractivity contribution in [3.63, 3.8) is 0 Å². The molecular formula is C33H39FN6O4S2. The summed E-state index contributed by atoms with van der Waals surface area (Å²) in [5.74, 6) is -0.0841. The van der Waals surface area contributed by atoms with E-state index in [0.29, 0.717) is 52.6 Å². The number of benzene rings is 2. The van der Waals surface area contributed by atoms with Crippen molar-refractivity contribution in [3.8, 4) is 21.8 Å². The van der Waals surface area contributed by atoms with Gasteiger partial charge in [0.15, 0.2) is 5.82 Å². The van der Waals surface area contributed by atoms with Gasteiger partial charge in [0.2, 0.25) is 16.0 Å². The number of amides is 1. The summed E-state index contributed by atoms with van der Waals surface area (Å²) in [6.45, 7) is 10.5. The van der Waals surface area contributed by atoms with Gasteiger partial charge in [0.1, 0.15) is 5.60 Å². The van der Waals surface area contributed by atoms with E-state index < -0.39 is 21.4 Å². The molecule has 5 rings (SSSR count). The maximum Gasteiger partial charge on any atom is 0.410 e. The second kappa shape index (κ2) is 13.7. The maximum atomic E-state index is 15.7. The molecule has 1 fully saturated rings. The van der Waals surface area contributed by atoms with Gasteiger partial charge in [-0.15, -0.1) is 11.3 Å². The third kappa shape index (κ3) is 8.18. The van der Waals surface area contributed by atoms with Gasteiger partial charge in [0.25, 0.3) is 0 Å². The molecule has 13 heteroatoms. The van der Waals surface area contributed by atoms with Crippen LogP contribution in [0.15, 0.2) is 54.7 Å². The van der Waals surface area contributed by atoms with E-state index >= 15 is 4.39 Å². The van der Waals surface area contributed by atoms with Crippen LogP contribution in [0.4, 0.5) is 26.5 Å². The van der Waals surface area contributed by atoms with Crippen molar-refractivity contribution in [3.05, 3.63) is 71.1 Å². The van der Waals surface area contributed by atoms with Gasteiger partial charge in [-0.3, -0.25) is 4.72 Å². The number of hydrogen-bond acceptors (Lipinski definition) is 9. The third-order valence-electron chi connectivity index (χ3n) is 7.40. The highest BCUT2D eigenvalue weighted by Crippen LogP contribution is 2.39. The molecule has 0 unspecified atom stereocenters. The maximum absolute atomic E-state index is 15.7. The lowest BCUT2D eigenvalue weighted by atomic mass is 9.89. The topological polar surface area (TPSA) is 126 Å². The van der Waals surface area contributed by atoms with Crippen LogP contribution >= 0.6 is 11.3 Å². The number of aromatic nitrogens is 3. The van der Waals surface area contributed by atoms with Crippen LogP contribution < -0.4 is 10.0 Å². The molecule has 1 aliphatic heterocycles. The molecule has 2 N–H and O–H groups in total. The van der Waals surface area contributed by atoms with Crippen LogP contribution in [-0.4, -0.2) is 58.8 Å². The fraction of sp³-hybridized carbons (Fsp3) is 0.394. The number of likely N-dealkylation sites (tertiary alicyclic amines) is 1. The summed E-state index contributed by atoms with van der Waals surface area (Å²) in [7, 11) is -3.67. The molecule has 244 valence electrons. The van der Waals surface area contributed by atoms with Crippen molar-refractivity contribution < 1.29 is 22.3 Å².